The van der Waals surface area contributed by atoms with Crippen LogP contribution in [0.2, 0.25) is 0 Å². The van der Waals surface area contributed by atoms with Crippen LogP contribution in [0.4, 0.5) is 21.3 Å². The van der Waals surface area contributed by atoms with Crippen molar-refractivity contribution >= 4 is 60.6 Å². The highest BCUT2D eigenvalue weighted by atomic mass is 32.1. The van der Waals surface area contributed by atoms with E-state index in [9.17, 15) is 9.59 Å². The molecule has 2 N–H and O–H groups in total. The van der Waals surface area contributed by atoms with E-state index in [4.69, 9.17) is 0 Å². The van der Waals surface area contributed by atoms with Crippen molar-refractivity contribution < 1.29 is 9.59 Å². The number of benzene rings is 2. The molecule has 3 amide bonds. The molecule has 0 spiro atoms. The molecule has 7 nitrogen and oxygen atoms in total. The lowest BCUT2D eigenvalue weighted by Gasteiger charge is -2.34. The molecule has 0 radical (unpaired) electrons. The average molecular weight is 464 g/mol. The third-order valence-corrected chi connectivity index (χ3v) is 7.27. The Morgan fingerprint density at radius 1 is 0.812 bits per heavy atom. The van der Waals surface area contributed by atoms with Gasteiger partial charge in [0.15, 0.2) is 5.13 Å². The highest BCUT2D eigenvalue weighted by Gasteiger charge is 2.26. The summed E-state index contributed by atoms with van der Waals surface area (Å²) < 4.78 is 0.998. The van der Waals surface area contributed by atoms with Crippen LogP contribution in [-0.2, 0) is 0 Å². The molecule has 0 atom stereocenters. The number of piperazine rings is 1. The molecule has 4 aromatic rings. The van der Waals surface area contributed by atoms with Crippen LogP contribution in [0.25, 0.3) is 9.53 Å². The van der Waals surface area contributed by atoms with Gasteiger partial charge in [-0.2, -0.15) is 0 Å². The Kier molecular flexibility index (Phi) is 5.74. The van der Waals surface area contributed by atoms with Gasteiger partial charge in [0.1, 0.15) is 4.83 Å². The molecular weight excluding hydrogens is 442 g/mol. The third-order valence-electron chi connectivity index (χ3n) is 5.20. The number of anilines is 3. The highest BCUT2D eigenvalue weighted by Crippen LogP contribution is 2.34. The SMILES string of the molecule is O=C(Nc1ccccc1)N1CCN(C(=O)c2cc3sc(Nc4ccccc4)nc3s2)CC1. The maximum absolute atomic E-state index is 13.0. The molecule has 3 heterocycles. The molecule has 0 aliphatic carbocycles. The van der Waals surface area contributed by atoms with Crippen LogP contribution in [0.15, 0.2) is 66.7 Å². The fourth-order valence-electron chi connectivity index (χ4n) is 3.53. The second-order valence-corrected chi connectivity index (χ2v) is 9.43. The number of amides is 3. The third kappa shape index (κ3) is 4.44. The fraction of sp³-hybridized carbons (Fsp3) is 0.174. The summed E-state index contributed by atoms with van der Waals surface area (Å²) >= 11 is 2.95. The largest absolute Gasteiger partial charge is 0.334 e. The van der Waals surface area contributed by atoms with E-state index in [0.29, 0.717) is 31.1 Å². The lowest BCUT2D eigenvalue weighted by molar-refractivity contribution is 0.0676. The quantitative estimate of drug-likeness (QED) is 0.442. The Balaban J connectivity index is 1.18. The van der Waals surface area contributed by atoms with Crippen LogP contribution in [0.1, 0.15) is 9.67 Å². The predicted octanol–water partition coefficient (Wildman–Crippen LogP) is 5.09. The van der Waals surface area contributed by atoms with E-state index in [1.807, 2.05) is 71.6 Å². The Morgan fingerprint density at radius 2 is 1.44 bits per heavy atom. The standard InChI is InChI=1S/C23H21N5O2S2/c29-21(27-11-13-28(14-12-27)23(30)25-17-9-5-2-6-10-17)19-15-18-20(31-19)26-22(32-18)24-16-7-3-1-4-8-16/h1-10,15H,11-14H2,(H,24,26)(H,25,30). The molecule has 2 aromatic heterocycles. The number of hydrogen-bond donors (Lipinski definition) is 2. The van der Waals surface area contributed by atoms with Gasteiger partial charge in [0.25, 0.3) is 5.91 Å². The van der Waals surface area contributed by atoms with Gasteiger partial charge in [0, 0.05) is 37.6 Å². The minimum Gasteiger partial charge on any atom is -0.334 e. The van der Waals surface area contributed by atoms with Gasteiger partial charge in [-0.15, -0.1) is 11.3 Å². The van der Waals surface area contributed by atoms with Crippen LogP contribution >= 0.6 is 22.7 Å². The van der Waals surface area contributed by atoms with Crippen LogP contribution in [0.3, 0.4) is 0 Å². The molecule has 1 saturated heterocycles. The molecule has 9 heteroatoms. The van der Waals surface area contributed by atoms with Gasteiger partial charge in [-0.05, 0) is 30.3 Å². The number of thiazole rings is 1. The summed E-state index contributed by atoms with van der Waals surface area (Å²) in [6, 6.07) is 21.1. The number of rotatable bonds is 4. The number of aromatic nitrogens is 1. The number of carbonyl (C=O) groups is 2. The summed E-state index contributed by atoms with van der Waals surface area (Å²) in [6.45, 7) is 2.04. The fourth-order valence-corrected chi connectivity index (χ4v) is 5.64. The maximum Gasteiger partial charge on any atom is 0.321 e. The molecule has 5 rings (SSSR count). The number of nitrogens with zero attached hydrogens (tertiary/aromatic N) is 3. The topological polar surface area (TPSA) is 77.6 Å². The first kappa shape index (κ1) is 20.5. The lowest BCUT2D eigenvalue weighted by atomic mass is 10.3. The first-order valence-corrected chi connectivity index (χ1v) is 11.9. The zero-order valence-corrected chi connectivity index (χ0v) is 18.8. The number of thiophene rings is 1. The van der Waals surface area contributed by atoms with Crippen molar-refractivity contribution in [3.8, 4) is 0 Å². The summed E-state index contributed by atoms with van der Waals surface area (Å²) in [6.07, 6.45) is 0. The van der Waals surface area contributed by atoms with Crippen molar-refractivity contribution in [3.05, 3.63) is 71.6 Å². The zero-order valence-electron chi connectivity index (χ0n) is 17.2. The van der Waals surface area contributed by atoms with E-state index in [0.717, 1.165) is 26.0 Å². The predicted molar refractivity (Wildman–Crippen MR) is 130 cm³/mol. The number of carbonyl (C=O) groups excluding carboxylic acids is 2. The Bertz CT molecular complexity index is 1200. The van der Waals surface area contributed by atoms with Gasteiger partial charge in [0.2, 0.25) is 0 Å². The van der Waals surface area contributed by atoms with Crippen molar-refractivity contribution in [1.82, 2.24) is 14.8 Å². The van der Waals surface area contributed by atoms with Crippen molar-refractivity contribution in [2.24, 2.45) is 0 Å². The van der Waals surface area contributed by atoms with Gasteiger partial charge in [-0.3, -0.25) is 4.79 Å². The summed E-state index contributed by atoms with van der Waals surface area (Å²) in [5.74, 6) is 0.000820. The first-order valence-electron chi connectivity index (χ1n) is 10.3. The van der Waals surface area contributed by atoms with E-state index in [-0.39, 0.29) is 11.9 Å². The lowest BCUT2D eigenvalue weighted by Crippen LogP contribution is -2.51. The van der Waals surface area contributed by atoms with Crippen molar-refractivity contribution in [3.63, 3.8) is 0 Å². The molecule has 0 saturated carbocycles. The molecule has 0 unspecified atom stereocenters. The first-order chi connectivity index (χ1) is 15.7. The molecule has 1 aliphatic heterocycles. The smallest absolute Gasteiger partial charge is 0.321 e. The summed E-state index contributed by atoms with van der Waals surface area (Å²) in [4.78, 5) is 35.2. The molecule has 1 aliphatic rings. The number of para-hydroxylation sites is 2. The van der Waals surface area contributed by atoms with Crippen LogP contribution < -0.4 is 10.6 Å². The molecule has 0 bridgehead atoms. The second-order valence-electron chi connectivity index (χ2n) is 7.37. The molecule has 1 fully saturated rings. The maximum atomic E-state index is 13.0. The van der Waals surface area contributed by atoms with E-state index in [2.05, 4.69) is 15.6 Å². The normalized spacial score (nSPS) is 13.9. The van der Waals surface area contributed by atoms with E-state index in [1.165, 1.54) is 22.7 Å². The van der Waals surface area contributed by atoms with E-state index >= 15 is 0 Å². The van der Waals surface area contributed by atoms with E-state index < -0.39 is 0 Å². The Labute approximate surface area is 193 Å². The summed E-state index contributed by atoms with van der Waals surface area (Å²) in [5, 5.41) is 7.01. The van der Waals surface area contributed by atoms with Gasteiger partial charge in [0.05, 0.1) is 9.58 Å². The zero-order chi connectivity index (χ0) is 21.9. The average Bonchev–Trinajstić information content (AvgIpc) is 3.39. The Morgan fingerprint density at radius 3 is 2.09 bits per heavy atom. The molecule has 162 valence electrons. The number of urea groups is 1. The second kappa shape index (κ2) is 8.97. The number of hydrogen-bond acceptors (Lipinski definition) is 6. The van der Waals surface area contributed by atoms with E-state index in [1.54, 1.807) is 4.90 Å². The molecular formula is C23H21N5O2S2. The minimum absolute atomic E-state index is 0.000820. The van der Waals surface area contributed by atoms with Gasteiger partial charge < -0.3 is 20.4 Å². The van der Waals surface area contributed by atoms with Crippen molar-refractivity contribution in [1.29, 1.82) is 0 Å². The number of fused-ring (bicyclic) bond motifs is 1. The van der Waals surface area contributed by atoms with Gasteiger partial charge >= 0.3 is 6.03 Å². The van der Waals surface area contributed by atoms with Crippen LogP contribution in [-0.4, -0.2) is 52.9 Å². The molecule has 2 aromatic carbocycles. The van der Waals surface area contributed by atoms with Gasteiger partial charge in [-0.1, -0.05) is 47.7 Å². The van der Waals surface area contributed by atoms with Crippen molar-refractivity contribution in [2.75, 3.05) is 36.8 Å². The number of nitrogens with one attached hydrogen (secondary N) is 2. The minimum atomic E-state index is -0.136. The molecule has 32 heavy (non-hydrogen) atoms. The van der Waals surface area contributed by atoms with Crippen molar-refractivity contribution in [2.45, 2.75) is 0 Å². The summed E-state index contributed by atoms with van der Waals surface area (Å²) in [5.41, 5.74) is 1.75. The monoisotopic (exact) mass is 463 g/mol. The van der Waals surface area contributed by atoms with Crippen LogP contribution in [0.5, 0.6) is 0 Å². The Hall–Kier alpha value is -3.43. The highest BCUT2D eigenvalue weighted by molar-refractivity contribution is 7.29. The van der Waals surface area contributed by atoms with Crippen LogP contribution in [0, 0.1) is 0 Å². The van der Waals surface area contributed by atoms with Gasteiger partial charge in [-0.25, -0.2) is 9.78 Å². The summed E-state index contributed by atoms with van der Waals surface area (Å²) in [7, 11) is 0.